The molecule has 0 aliphatic carbocycles. The molecule has 1 aromatic heterocycles. The third-order valence-corrected chi connectivity index (χ3v) is 2.42. The number of rotatable bonds is 1. The Morgan fingerprint density at radius 1 is 1.20 bits per heavy atom. The number of para-hydroxylation sites is 1. The van der Waals surface area contributed by atoms with Gasteiger partial charge in [-0.15, -0.1) is 0 Å². The van der Waals surface area contributed by atoms with Crippen LogP contribution < -0.4 is 10.6 Å². The first kappa shape index (κ1) is 10.0. The van der Waals surface area contributed by atoms with E-state index in [1.165, 1.54) is 10.6 Å². The van der Waals surface area contributed by atoms with E-state index in [1.54, 1.807) is 0 Å². The number of hydrogen-bond acceptors (Lipinski definition) is 1. The zero-order chi connectivity index (χ0) is 10.8. The van der Waals surface area contributed by atoms with Gasteiger partial charge in [-0.1, -0.05) is 38.1 Å². The zero-order valence-corrected chi connectivity index (χ0v) is 9.45. The fourth-order valence-corrected chi connectivity index (χ4v) is 1.80. The van der Waals surface area contributed by atoms with Crippen molar-refractivity contribution in [2.24, 2.45) is 5.92 Å². The van der Waals surface area contributed by atoms with E-state index < -0.39 is 0 Å². The SMILES string of the molecule is C/C=c1/oc2ccccc2/c1=C/C(C)C. The molecule has 78 valence electrons. The molecule has 15 heavy (non-hydrogen) atoms. The van der Waals surface area contributed by atoms with Crippen molar-refractivity contribution in [3.8, 4) is 0 Å². The molecule has 0 saturated heterocycles. The maximum absolute atomic E-state index is 5.76. The Morgan fingerprint density at radius 2 is 1.93 bits per heavy atom. The van der Waals surface area contributed by atoms with Gasteiger partial charge in [-0.25, -0.2) is 0 Å². The van der Waals surface area contributed by atoms with Crippen LogP contribution in [0.2, 0.25) is 0 Å². The third-order valence-electron chi connectivity index (χ3n) is 2.42. The van der Waals surface area contributed by atoms with Crippen LogP contribution in [0.3, 0.4) is 0 Å². The third kappa shape index (κ3) is 1.82. The topological polar surface area (TPSA) is 13.1 Å². The highest BCUT2D eigenvalue weighted by Crippen LogP contribution is 2.07. The Labute approximate surface area is 89.7 Å². The normalized spacial score (nSPS) is 14.4. The molecule has 0 radical (unpaired) electrons. The van der Waals surface area contributed by atoms with Crippen molar-refractivity contribution >= 4 is 23.1 Å². The van der Waals surface area contributed by atoms with E-state index in [2.05, 4.69) is 32.1 Å². The minimum absolute atomic E-state index is 0.532. The molecule has 2 aromatic rings. The molecule has 1 heterocycles. The maximum Gasteiger partial charge on any atom is 0.135 e. The summed E-state index contributed by atoms with van der Waals surface area (Å²) in [5.41, 5.74) is 1.95. The van der Waals surface area contributed by atoms with Gasteiger partial charge in [-0.2, -0.15) is 0 Å². The van der Waals surface area contributed by atoms with Crippen molar-refractivity contribution in [1.82, 2.24) is 0 Å². The van der Waals surface area contributed by atoms with Crippen LogP contribution in [0.15, 0.2) is 28.7 Å². The van der Waals surface area contributed by atoms with Crippen molar-refractivity contribution in [2.75, 3.05) is 0 Å². The van der Waals surface area contributed by atoms with Gasteiger partial charge in [-0.05, 0) is 25.0 Å². The summed E-state index contributed by atoms with van der Waals surface area (Å²) in [5.74, 6) is 0.532. The van der Waals surface area contributed by atoms with Crippen LogP contribution >= 0.6 is 0 Å². The maximum atomic E-state index is 5.76. The van der Waals surface area contributed by atoms with E-state index in [0.717, 1.165) is 11.0 Å². The Balaban J connectivity index is 2.92. The fraction of sp³-hybridized carbons (Fsp3) is 0.286. The van der Waals surface area contributed by atoms with Gasteiger partial charge in [0.05, 0.1) is 0 Å². The molecule has 0 N–H and O–H groups in total. The average molecular weight is 200 g/mol. The highest BCUT2D eigenvalue weighted by molar-refractivity contribution is 5.78. The molecule has 0 aliphatic heterocycles. The van der Waals surface area contributed by atoms with Gasteiger partial charge in [0.15, 0.2) is 0 Å². The lowest BCUT2D eigenvalue weighted by molar-refractivity contribution is 0.574. The van der Waals surface area contributed by atoms with Gasteiger partial charge in [0, 0.05) is 10.6 Å². The van der Waals surface area contributed by atoms with Crippen LogP contribution in [-0.4, -0.2) is 0 Å². The highest BCUT2D eigenvalue weighted by atomic mass is 16.3. The van der Waals surface area contributed by atoms with Crippen LogP contribution in [-0.2, 0) is 0 Å². The molecule has 1 aromatic carbocycles. The van der Waals surface area contributed by atoms with Crippen molar-refractivity contribution < 1.29 is 4.42 Å². The largest absolute Gasteiger partial charge is 0.456 e. The summed E-state index contributed by atoms with van der Waals surface area (Å²) in [6, 6.07) is 8.18. The molecule has 0 saturated carbocycles. The molecule has 0 aliphatic rings. The second-order valence-corrected chi connectivity index (χ2v) is 4.08. The zero-order valence-electron chi connectivity index (χ0n) is 9.45. The van der Waals surface area contributed by atoms with Crippen LogP contribution in [0.1, 0.15) is 20.8 Å². The Morgan fingerprint density at radius 3 is 2.60 bits per heavy atom. The average Bonchev–Trinajstić information content (AvgIpc) is 2.56. The Kier molecular flexibility index (Phi) is 2.63. The molecule has 0 amide bonds. The second kappa shape index (κ2) is 3.93. The first-order valence-electron chi connectivity index (χ1n) is 5.38. The first-order chi connectivity index (χ1) is 7.22. The molecule has 0 bridgehead atoms. The van der Waals surface area contributed by atoms with Gasteiger partial charge in [-0.3, -0.25) is 0 Å². The van der Waals surface area contributed by atoms with E-state index in [0.29, 0.717) is 5.92 Å². The lowest BCUT2D eigenvalue weighted by Gasteiger charge is -1.91. The minimum Gasteiger partial charge on any atom is -0.456 e. The lowest BCUT2D eigenvalue weighted by atomic mass is 10.1. The summed E-state index contributed by atoms with van der Waals surface area (Å²) in [5, 5.41) is 2.43. The number of benzene rings is 1. The van der Waals surface area contributed by atoms with Crippen LogP contribution in [0.5, 0.6) is 0 Å². The van der Waals surface area contributed by atoms with E-state index in [1.807, 2.05) is 25.1 Å². The minimum atomic E-state index is 0.532. The van der Waals surface area contributed by atoms with Gasteiger partial charge in [0.1, 0.15) is 11.0 Å². The number of fused-ring (bicyclic) bond motifs is 1. The molecule has 0 fully saturated rings. The van der Waals surface area contributed by atoms with Crippen LogP contribution in [0, 0.1) is 5.92 Å². The quantitative estimate of drug-likeness (QED) is 0.689. The fourth-order valence-electron chi connectivity index (χ4n) is 1.80. The number of hydrogen-bond donors (Lipinski definition) is 0. The van der Waals surface area contributed by atoms with Crippen molar-refractivity contribution in [3.63, 3.8) is 0 Å². The van der Waals surface area contributed by atoms with E-state index in [4.69, 9.17) is 4.42 Å². The molecule has 2 rings (SSSR count). The second-order valence-electron chi connectivity index (χ2n) is 4.08. The van der Waals surface area contributed by atoms with E-state index in [-0.39, 0.29) is 0 Å². The standard InChI is InChI=1S/C14H16O/c1-4-13-12(9-10(2)3)11-7-5-6-8-14(11)15-13/h4-10H,1-3H3/b12-9-,13-4+. The molecule has 0 atom stereocenters. The summed E-state index contributed by atoms with van der Waals surface area (Å²) in [4.78, 5) is 0. The molecular weight excluding hydrogens is 184 g/mol. The van der Waals surface area contributed by atoms with Crippen molar-refractivity contribution in [1.29, 1.82) is 0 Å². The van der Waals surface area contributed by atoms with E-state index >= 15 is 0 Å². The molecule has 0 unspecified atom stereocenters. The summed E-state index contributed by atoms with van der Waals surface area (Å²) >= 11 is 0. The molecule has 0 spiro atoms. The summed E-state index contributed by atoms with van der Waals surface area (Å²) in [6.45, 7) is 6.37. The monoisotopic (exact) mass is 200 g/mol. The smallest absolute Gasteiger partial charge is 0.135 e. The van der Waals surface area contributed by atoms with Crippen LogP contribution in [0.25, 0.3) is 23.1 Å². The summed E-state index contributed by atoms with van der Waals surface area (Å²) < 4.78 is 5.76. The van der Waals surface area contributed by atoms with Crippen LogP contribution in [0.4, 0.5) is 0 Å². The van der Waals surface area contributed by atoms with Gasteiger partial charge >= 0.3 is 0 Å². The van der Waals surface area contributed by atoms with Gasteiger partial charge in [0.25, 0.3) is 0 Å². The van der Waals surface area contributed by atoms with Gasteiger partial charge < -0.3 is 4.42 Å². The van der Waals surface area contributed by atoms with Gasteiger partial charge in [0.2, 0.25) is 0 Å². The highest BCUT2D eigenvalue weighted by Gasteiger charge is 2.01. The summed E-state index contributed by atoms with van der Waals surface area (Å²) in [7, 11) is 0. The van der Waals surface area contributed by atoms with E-state index in [9.17, 15) is 0 Å². The Bertz CT molecular complexity index is 573. The lowest BCUT2D eigenvalue weighted by Crippen LogP contribution is -2.20. The predicted octanol–water partition coefficient (Wildman–Crippen LogP) is 2.67. The molecular formula is C14H16O. The van der Waals surface area contributed by atoms with Crippen molar-refractivity contribution in [3.05, 3.63) is 34.9 Å². The molecule has 1 heteroatoms. The Hall–Kier alpha value is -1.50. The predicted molar refractivity (Wildman–Crippen MR) is 64.9 cm³/mol. The molecule has 1 nitrogen and oxygen atoms in total. The summed E-state index contributed by atoms with van der Waals surface area (Å²) in [6.07, 6.45) is 4.27. The first-order valence-corrected chi connectivity index (χ1v) is 5.38. The number of furan rings is 1. The van der Waals surface area contributed by atoms with Crippen molar-refractivity contribution in [2.45, 2.75) is 20.8 Å².